The van der Waals surface area contributed by atoms with Crippen LogP contribution in [0.15, 0.2) is 36.0 Å². The van der Waals surface area contributed by atoms with Crippen LogP contribution in [-0.2, 0) is 15.8 Å². The summed E-state index contributed by atoms with van der Waals surface area (Å²) in [6, 6.07) is 5.14. The molecule has 31 heavy (non-hydrogen) atoms. The summed E-state index contributed by atoms with van der Waals surface area (Å²) in [6.07, 6.45) is -3.33. The molecular weight excluding hydrogens is 411 g/mol. The second-order valence-electron chi connectivity index (χ2n) is 7.96. The van der Waals surface area contributed by atoms with Crippen LogP contribution >= 0.6 is 0 Å². The second kappa shape index (κ2) is 10.4. The molecule has 1 aromatic carbocycles. The molecule has 170 valence electrons. The number of carbonyl (C=O) groups excluding carboxylic acids is 2. The molecule has 1 aliphatic heterocycles. The number of alkyl halides is 3. The Morgan fingerprint density at radius 1 is 1.00 bits per heavy atom. The van der Waals surface area contributed by atoms with Crippen molar-refractivity contribution < 1.29 is 27.9 Å². The Hall–Kier alpha value is -2.23. The van der Waals surface area contributed by atoms with Crippen molar-refractivity contribution in [3.05, 3.63) is 47.2 Å². The number of ketones is 2. The summed E-state index contributed by atoms with van der Waals surface area (Å²) in [6.45, 7) is 5.69. The van der Waals surface area contributed by atoms with Crippen LogP contribution in [0.3, 0.4) is 0 Å². The number of rotatable bonds is 7. The van der Waals surface area contributed by atoms with Crippen molar-refractivity contribution in [2.75, 3.05) is 52.4 Å². The van der Waals surface area contributed by atoms with Crippen LogP contribution in [0.4, 0.5) is 13.2 Å². The molecule has 9 heteroatoms. The van der Waals surface area contributed by atoms with Crippen molar-refractivity contribution in [3.63, 3.8) is 0 Å². The number of nitrogens with zero attached hydrogens (tertiary/aromatic N) is 2. The Balaban J connectivity index is 1.53. The summed E-state index contributed by atoms with van der Waals surface area (Å²) < 4.78 is 39.9. The molecule has 0 atom stereocenters. The van der Waals surface area contributed by atoms with Crippen LogP contribution in [0.2, 0.25) is 0 Å². The number of hydrogen-bond donors (Lipinski definition) is 2. The molecule has 1 aromatic rings. The zero-order valence-corrected chi connectivity index (χ0v) is 17.3. The minimum Gasteiger partial charge on any atom is -0.395 e. The first kappa shape index (κ1) is 23.4. The van der Waals surface area contributed by atoms with Gasteiger partial charge in [0.2, 0.25) is 0 Å². The third-order valence-electron chi connectivity index (χ3n) is 5.87. The summed E-state index contributed by atoms with van der Waals surface area (Å²) in [4.78, 5) is 29.4. The number of benzene rings is 1. The minimum atomic E-state index is -4.52. The van der Waals surface area contributed by atoms with E-state index in [9.17, 15) is 22.8 Å². The summed E-state index contributed by atoms with van der Waals surface area (Å²) in [5.74, 6) is -1.61. The predicted molar refractivity (Wildman–Crippen MR) is 109 cm³/mol. The molecule has 0 aromatic heterocycles. The van der Waals surface area contributed by atoms with Crippen molar-refractivity contribution in [1.29, 1.82) is 0 Å². The molecule has 1 heterocycles. The fraction of sp³-hybridized carbons (Fsp3) is 0.545. The van der Waals surface area contributed by atoms with E-state index in [-0.39, 0.29) is 30.6 Å². The number of aliphatic hydroxyl groups excluding tert-OH is 1. The van der Waals surface area contributed by atoms with E-state index >= 15 is 0 Å². The Kier molecular flexibility index (Phi) is 7.85. The number of halogens is 3. The monoisotopic (exact) mass is 439 g/mol. The van der Waals surface area contributed by atoms with Gasteiger partial charge in [-0.15, -0.1) is 0 Å². The summed E-state index contributed by atoms with van der Waals surface area (Å²) in [5, 5.41) is 12.0. The number of nitrogens with one attached hydrogen (secondary N) is 1. The zero-order valence-electron chi connectivity index (χ0n) is 17.3. The first-order valence-corrected chi connectivity index (χ1v) is 10.5. The highest BCUT2D eigenvalue weighted by molar-refractivity contribution is 6.22. The summed E-state index contributed by atoms with van der Waals surface area (Å²) in [5.41, 5.74) is -0.747. The first-order valence-electron chi connectivity index (χ1n) is 10.5. The van der Waals surface area contributed by atoms with Crippen molar-refractivity contribution in [2.45, 2.75) is 24.9 Å². The number of β-amino-alcohol motifs (C(OH)–C–C–N with tert-alkyl or cyclic N) is 1. The van der Waals surface area contributed by atoms with Crippen molar-refractivity contribution >= 4 is 11.6 Å². The van der Waals surface area contributed by atoms with E-state index in [1.807, 2.05) is 0 Å². The van der Waals surface area contributed by atoms with Crippen molar-refractivity contribution in [3.8, 4) is 0 Å². The van der Waals surface area contributed by atoms with E-state index in [0.29, 0.717) is 13.1 Å². The maximum absolute atomic E-state index is 13.3. The predicted octanol–water partition coefficient (Wildman–Crippen LogP) is 1.80. The third-order valence-corrected chi connectivity index (χ3v) is 5.87. The maximum Gasteiger partial charge on any atom is 0.416 e. The number of aliphatic hydroxyl groups is 1. The largest absolute Gasteiger partial charge is 0.416 e. The van der Waals surface area contributed by atoms with Crippen LogP contribution in [-0.4, -0.2) is 78.9 Å². The highest BCUT2D eigenvalue weighted by Crippen LogP contribution is 2.39. The molecule has 3 rings (SSSR count). The van der Waals surface area contributed by atoms with E-state index < -0.39 is 29.2 Å². The molecule has 0 radical (unpaired) electrons. The van der Waals surface area contributed by atoms with Crippen LogP contribution in [0.25, 0.3) is 0 Å². The van der Waals surface area contributed by atoms with Gasteiger partial charge in [-0.2, -0.15) is 13.2 Å². The first-order chi connectivity index (χ1) is 14.8. The lowest BCUT2D eigenvalue weighted by Gasteiger charge is -2.34. The molecule has 2 aliphatic rings. The Morgan fingerprint density at radius 2 is 1.58 bits per heavy atom. The molecular formula is C22H28F3N3O3. The van der Waals surface area contributed by atoms with E-state index in [1.165, 1.54) is 24.4 Å². The molecule has 2 N–H and O–H groups in total. The number of hydrogen-bond acceptors (Lipinski definition) is 6. The zero-order chi connectivity index (χ0) is 22.4. The topological polar surface area (TPSA) is 72.9 Å². The lowest BCUT2D eigenvalue weighted by molar-refractivity contribution is -0.139. The number of Topliss-reactive ketones (excluding diaryl/α,β-unsaturated/α-hetero) is 2. The summed E-state index contributed by atoms with van der Waals surface area (Å²) in [7, 11) is 0. The molecule has 2 fully saturated rings. The molecule has 0 amide bonds. The van der Waals surface area contributed by atoms with Gasteiger partial charge in [0.25, 0.3) is 0 Å². The maximum atomic E-state index is 13.3. The Bertz CT molecular complexity index is 798. The Morgan fingerprint density at radius 3 is 2.16 bits per heavy atom. The van der Waals surface area contributed by atoms with Gasteiger partial charge in [0.05, 0.1) is 17.7 Å². The third kappa shape index (κ3) is 6.15. The average Bonchev–Trinajstić information content (AvgIpc) is 2.73. The van der Waals surface area contributed by atoms with E-state index in [1.54, 1.807) is 0 Å². The number of carbonyl (C=O) groups is 2. The van der Waals surface area contributed by atoms with Crippen molar-refractivity contribution in [1.82, 2.24) is 15.1 Å². The van der Waals surface area contributed by atoms with E-state index in [4.69, 9.17) is 5.11 Å². The SMILES string of the molecule is O=C1CC(c2ccccc2C(F)(F)F)CC(=O)C1=CNCCN1CCN(CCO)CC1. The fourth-order valence-electron chi connectivity index (χ4n) is 4.16. The highest BCUT2D eigenvalue weighted by Gasteiger charge is 2.38. The van der Waals surface area contributed by atoms with Crippen LogP contribution in [0.1, 0.15) is 29.9 Å². The molecule has 0 bridgehead atoms. The van der Waals surface area contributed by atoms with Crippen LogP contribution < -0.4 is 5.32 Å². The second-order valence-corrected chi connectivity index (χ2v) is 7.96. The highest BCUT2D eigenvalue weighted by atomic mass is 19.4. The lowest BCUT2D eigenvalue weighted by Crippen LogP contribution is -2.48. The molecule has 0 spiro atoms. The van der Waals surface area contributed by atoms with Gasteiger partial charge in [-0.1, -0.05) is 18.2 Å². The van der Waals surface area contributed by atoms with Gasteiger partial charge in [0.15, 0.2) is 11.6 Å². The fourth-order valence-corrected chi connectivity index (χ4v) is 4.16. The van der Waals surface area contributed by atoms with E-state index in [0.717, 1.165) is 38.8 Å². The van der Waals surface area contributed by atoms with E-state index in [2.05, 4.69) is 15.1 Å². The quantitative estimate of drug-likeness (QED) is 0.384. The van der Waals surface area contributed by atoms with Crippen LogP contribution in [0.5, 0.6) is 0 Å². The molecule has 1 saturated carbocycles. The van der Waals surface area contributed by atoms with Gasteiger partial charge >= 0.3 is 6.18 Å². The number of allylic oxidation sites excluding steroid dienone is 1. The van der Waals surface area contributed by atoms with Crippen LogP contribution in [0, 0.1) is 0 Å². The number of piperazine rings is 1. The van der Waals surface area contributed by atoms with Gasteiger partial charge in [0.1, 0.15) is 0 Å². The molecule has 0 unspecified atom stereocenters. The average molecular weight is 439 g/mol. The molecule has 6 nitrogen and oxygen atoms in total. The Labute approximate surface area is 179 Å². The smallest absolute Gasteiger partial charge is 0.395 e. The lowest BCUT2D eigenvalue weighted by atomic mass is 9.78. The van der Waals surface area contributed by atoms with Gasteiger partial charge in [-0.3, -0.25) is 19.4 Å². The van der Waals surface area contributed by atoms with Gasteiger partial charge in [-0.05, 0) is 17.5 Å². The standard InChI is InChI=1S/C22H28F3N3O3/c23-22(24,25)19-4-2-1-3-17(19)16-13-20(30)18(21(31)14-16)15-26-5-6-27-7-9-28(10-8-27)11-12-29/h1-4,15-16,26,29H,5-14H2. The van der Waals surface area contributed by atoms with Crippen molar-refractivity contribution in [2.24, 2.45) is 0 Å². The summed E-state index contributed by atoms with van der Waals surface area (Å²) >= 11 is 0. The van der Waals surface area contributed by atoms with Gasteiger partial charge in [0, 0.05) is 64.9 Å². The van der Waals surface area contributed by atoms with Gasteiger partial charge < -0.3 is 10.4 Å². The molecule has 1 aliphatic carbocycles. The minimum absolute atomic E-state index is 0.00375. The normalized spacial score (nSPS) is 21.4. The molecule has 1 saturated heterocycles. The van der Waals surface area contributed by atoms with Gasteiger partial charge in [-0.25, -0.2) is 0 Å².